The molecule has 4 heteroatoms. The number of hydrogen-bond donors (Lipinski definition) is 0. The van der Waals surface area contributed by atoms with Gasteiger partial charge in [-0.25, -0.2) is 0 Å². The van der Waals surface area contributed by atoms with Crippen molar-refractivity contribution in [2.45, 2.75) is 58.5 Å². The molecule has 0 bridgehead atoms. The summed E-state index contributed by atoms with van der Waals surface area (Å²) in [5.41, 5.74) is -0.795. The fraction of sp³-hybridized carbons (Fsp3) is 0.833. The maximum absolute atomic E-state index is 9.06. The Morgan fingerprint density at radius 1 is 1.31 bits per heavy atom. The van der Waals surface area contributed by atoms with Gasteiger partial charge in [0.15, 0.2) is 11.6 Å². The molecule has 0 aromatic heterocycles. The molecule has 88 valence electrons. The minimum absolute atomic E-state index is 0.385. The van der Waals surface area contributed by atoms with Crippen LogP contribution in [-0.2, 0) is 0 Å². The lowest BCUT2D eigenvalue weighted by molar-refractivity contribution is 0.425. The molecule has 0 aliphatic rings. The van der Waals surface area contributed by atoms with Crippen LogP contribution in [0.1, 0.15) is 47.0 Å². The molecule has 0 spiro atoms. The van der Waals surface area contributed by atoms with Crippen molar-refractivity contribution in [1.29, 1.82) is 10.5 Å². The molecule has 0 saturated heterocycles. The molecule has 0 saturated carbocycles. The van der Waals surface area contributed by atoms with Crippen molar-refractivity contribution < 1.29 is 0 Å². The molecule has 2 atom stereocenters. The summed E-state index contributed by atoms with van der Waals surface area (Å²) in [6, 6.07) is 3.83. The van der Waals surface area contributed by atoms with Gasteiger partial charge < -0.3 is 0 Å². The van der Waals surface area contributed by atoms with Crippen molar-refractivity contribution in [3.05, 3.63) is 0 Å². The minimum Gasteiger partial charge on any atom is -0.196 e. The highest BCUT2D eigenvalue weighted by Gasteiger charge is 2.25. The molecule has 16 heavy (non-hydrogen) atoms. The Morgan fingerprint density at radius 3 is 2.31 bits per heavy atom. The second kappa shape index (κ2) is 6.95. The average Bonchev–Trinajstić information content (AvgIpc) is 2.23. The normalized spacial score (nSPS) is 16.7. The first kappa shape index (κ1) is 14.6. The predicted molar refractivity (Wildman–Crippen MR) is 62.6 cm³/mol. The van der Waals surface area contributed by atoms with Gasteiger partial charge in [-0.05, 0) is 25.7 Å². The van der Waals surface area contributed by atoms with Gasteiger partial charge in [0.25, 0.3) is 0 Å². The Balaban J connectivity index is 4.59. The molecular weight excluding hydrogens is 200 g/mol. The van der Waals surface area contributed by atoms with E-state index < -0.39 is 11.6 Å². The van der Waals surface area contributed by atoms with Gasteiger partial charge in [0, 0.05) is 0 Å². The second-order valence-corrected chi connectivity index (χ2v) is 4.63. The van der Waals surface area contributed by atoms with E-state index in [4.69, 9.17) is 10.5 Å². The van der Waals surface area contributed by atoms with Crippen LogP contribution in [0.25, 0.3) is 0 Å². The first-order valence-electron chi connectivity index (χ1n) is 5.70. The van der Waals surface area contributed by atoms with Crippen LogP contribution >= 0.6 is 0 Å². The molecule has 0 aromatic rings. The smallest absolute Gasteiger partial charge is 0.165 e. The van der Waals surface area contributed by atoms with Crippen LogP contribution in [0.3, 0.4) is 0 Å². The summed E-state index contributed by atoms with van der Waals surface area (Å²) in [7, 11) is 0. The Kier molecular flexibility index (Phi) is 6.34. The molecule has 0 aliphatic heterocycles. The summed E-state index contributed by atoms with van der Waals surface area (Å²) in [6.45, 7) is 7.84. The third kappa shape index (κ3) is 5.46. The minimum atomic E-state index is -0.795. The van der Waals surface area contributed by atoms with Gasteiger partial charge in [0.1, 0.15) is 0 Å². The van der Waals surface area contributed by atoms with Gasteiger partial charge in [-0.15, -0.1) is 0 Å². The number of rotatable bonds is 6. The van der Waals surface area contributed by atoms with E-state index in [1.807, 2.05) is 20.8 Å². The molecule has 0 heterocycles. The molecule has 4 nitrogen and oxygen atoms in total. The highest BCUT2D eigenvalue weighted by molar-refractivity contribution is 5.04. The van der Waals surface area contributed by atoms with Crippen LogP contribution in [-0.4, -0.2) is 11.6 Å². The zero-order valence-corrected chi connectivity index (χ0v) is 10.6. The van der Waals surface area contributed by atoms with Crippen LogP contribution in [0.5, 0.6) is 0 Å². The number of azo groups is 1. The highest BCUT2D eigenvalue weighted by atomic mass is 15.2. The van der Waals surface area contributed by atoms with Gasteiger partial charge in [0.2, 0.25) is 0 Å². The maximum Gasteiger partial charge on any atom is 0.165 e. The zero-order valence-electron chi connectivity index (χ0n) is 10.6. The van der Waals surface area contributed by atoms with Crippen LogP contribution < -0.4 is 0 Å². The van der Waals surface area contributed by atoms with E-state index in [1.165, 1.54) is 0 Å². The van der Waals surface area contributed by atoms with Gasteiger partial charge in [0.05, 0.1) is 12.1 Å². The fourth-order valence-electron chi connectivity index (χ4n) is 1.52. The van der Waals surface area contributed by atoms with E-state index in [-0.39, 0.29) is 0 Å². The molecule has 0 aromatic carbocycles. The summed E-state index contributed by atoms with van der Waals surface area (Å²) in [5, 5.41) is 25.9. The van der Waals surface area contributed by atoms with Crippen LogP contribution in [0.2, 0.25) is 0 Å². The summed E-state index contributed by atoms with van der Waals surface area (Å²) < 4.78 is 0. The quantitative estimate of drug-likeness (QED) is 0.643. The lowest BCUT2D eigenvalue weighted by Gasteiger charge is -2.17. The molecular formula is C12H20N4. The first-order valence-corrected chi connectivity index (χ1v) is 5.70. The van der Waals surface area contributed by atoms with Crippen LogP contribution in [0.4, 0.5) is 0 Å². The van der Waals surface area contributed by atoms with Crippen molar-refractivity contribution >= 4 is 0 Å². The molecule has 0 fully saturated rings. The topological polar surface area (TPSA) is 72.3 Å². The van der Waals surface area contributed by atoms with Crippen molar-refractivity contribution in [1.82, 2.24) is 0 Å². The molecule has 0 aliphatic carbocycles. The van der Waals surface area contributed by atoms with Crippen molar-refractivity contribution in [2.75, 3.05) is 0 Å². The molecule has 0 amide bonds. The van der Waals surface area contributed by atoms with Crippen LogP contribution in [0, 0.1) is 28.6 Å². The summed E-state index contributed by atoms with van der Waals surface area (Å²) in [5.74, 6) is 0.385. The van der Waals surface area contributed by atoms with Crippen molar-refractivity contribution in [2.24, 2.45) is 16.1 Å². The lowest BCUT2D eigenvalue weighted by Crippen LogP contribution is -2.21. The highest BCUT2D eigenvalue weighted by Crippen LogP contribution is 2.21. The average molecular weight is 220 g/mol. The number of nitrogens with zero attached hydrogens (tertiary/aromatic N) is 4. The summed E-state index contributed by atoms with van der Waals surface area (Å²) >= 11 is 0. The number of nitriles is 2. The number of hydrogen-bond acceptors (Lipinski definition) is 4. The second-order valence-electron chi connectivity index (χ2n) is 4.63. The van der Waals surface area contributed by atoms with Gasteiger partial charge in [-0.3, -0.25) is 0 Å². The molecule has 0 rings (SSSR count). The molecule has 2 unspecified atom stereocenters. The zero-order chi connectivity index (χ0) is 12.6. The van der Waals surface area contributed by atoms with Gasteiger partial charge in [-0.2, -0.15) is 20.8 Å². The van der Waals surface area contributed by atoms with Crippen LogP contribution in [0.15, 0.2) is 10.2 Å². The summed E-state index contributed by atoms with van der Waals surface area (Å²) in [6.07, 6.45) is 2.26. The van der Waals surface area contributed by atoms with Crippen molar-refractivity contribution in [3.8, 4) is 12.1 Å². The molecule has 0 N–H and O–H groups in total. The van der Waals surface area contributed by atoms with Crippen molar-refractivity contribution in [3.63, 3.8) is 0 Å². The third-order valence-electron chi connectivity index (χ3n) is 2.18. The Morgan fingerprint density at radius 2 is 1.94 bits per heavy atom. The Hall–Kier alpha value is -1.42. The van der Waals surface area contributed by atoms with E-state index >= 15 is 0 Å². The monoisotopic (exact) mass is 220 g/mol. The first-order chi connectivity index (χ1) is 7.47. The third-order valence-corrected chi connectivity index (χ3v) is 2.18. The SMILES string of the molecule is CCCC(C#N)N=NC(C)(C#N)CC(C)C. The Bertz CT molecular complexity index is 308. The van der Waals surface area contributed by atoms with E-state index in [0.717, 1.165) is 6.42 Å². The molecule has 0 radical (unpaired) electrons. The van der Waals surface area contributed by atoms with E-state index in [2.05, 4.69) is 22.4 Å². The van der Waals surface area contributed by atoms with Gasteiger partial charge >= 0.3 is 0 Å². The van der Waals surface area contributed by atoms with Gasteiger partial charge in [-0.1, -0.05) is 27.2 Å². The standard InChI is InChI=1S/C12H20N4/c1-5-6-11(8-13)15-16-12(4,9-14)7-10(2)3/h10-11H,5-7H2,1-4H3. The Labute approximate surface area is 98.0 Å². The largest absolute Gasteiger partial charge is 0.196 e. The van der Waals surface area contributed by atoms with E-state index in [9.17, 15) is 0 Å². The van der Waals surface area contributed by atoms with E-state index in [0.29, 0.717) is 18.8 Å². The lowest BCUT2D eigenvalue weighted by atomic mass is 9.93. The maximum atomic E-state index is 9.06. The predicted octanol–water partition coefficient (Wildman–Crippen LogP) is 3.46. The summed E-state index contributed by atoms with van der Waals surface area (Å²) in [4.78, 5) is 0. The van der Waals surface area contributed by atoms with E-state index in [1.54, 1.807) is 6.92 Å². The fourth-order valence-corrected chi connectivity index (χ4v) is 1.52.